The van der Waals surface area contributed by atoms with E-state index in [-0.39, 0.29) is 16.6 Å². The van der Waals surface area contributed by atoms with Crippen molar-refractivity contribution in [3.05, 3.63) is 65.7 Å². The lowest BCUT2D eigenvalue weighted by Gasteiger charge is -2.30. The van der Waals surface area contributed by atoms with Crippen LogP contribution in [0.2, 0.25) is 0 Å². The molecule has 0 aromatic heterocycles. The second-order valence-corrected chi connectivity index (χ2v) is 10.1. The Morgan fingerprint density at radius 3 is 2.15 bits per heavy atom. The van der Waals surface area contributed by atoms with Crippen LogP contribution in [0.15, 0.2) is 59.5 Å². The Hall–Kier alpha value is -3.04. The summed E-state index contributed by atoms with van der Waals surface area (Å²) in [4.78, 5) is 38.9. The van der Waals surface area contributed by atoms with Crippen molar-refractivity contribution in [3.63, 3.8) is 0 Å². The normalized spacial score (nSPS) is 15.2. The summed E-state index contributed by atoms with van der Waals surface area (Å²) in [5.41, 5.74) is 0.921. The summed E-state index contributed by atoms with van der Waals surface area (Å²) in [5.74, 6) is -1.32. The van der Waals surface area contributed by atoms with Gasteiger partial charge in [0.1, 0.15) is 6.54 Å². The predicted molar refractivity (Wildman–Crippen MR) is 122 cm³/mol. The van der Waals surface area contributed by atoms with Gasteiger partial charge < -0.3 is 9.64 Å². The summed E-state index contributed by atoms with van der Waals surface area (Å²) in [6.45, 7) is 2.03. The van der Waals surface area contributed by atoms with E-state index in [0.717, 1.165) is 23.6 Å². The van der Waals surface area contributed by atoms with Crippen LogP contribution in [0.25, 0.3) is 0 Å². The monoisotopic (exact) mass is 472 g/mol. The largest absolute Gasteiger partial charge is 0.446 e. The highest BCUT2D eigenvalue weighted by Gasteiger charge is 2.32. The molecular formula is C24H28N2O6S. The van der Waals surface area contributed by atoms with Crippen LogP contribution in [0.5, 0.6) is 0 Å². The van der Waals surface area contributed by atoms with Crippen LogP contribution < -0.4 is 0 Å². The van der Waals surface area contributed by atoms with Crippen molar-refractivity contribution in [3.8, 4) is 0 Å². The van der Waals surface area contributed by atoms with Crippen LogP contribution >= 0.6 is 0 Å². The van der Waals surface area contributed by atoms with Crippen LogP contribution in [-0.2, 0) is 24.3 Å². The second kappa shape index (κ2) is 10.7. The van der Waals surface area contributed by atoms with Crippen molar-refractivity contribution in [2.75, 3.05) is 26.7 Å². The highest BCUT2D eigenvalue weighted by molar-refractivity contribution is 7.89. The number of amides is 1. The Labute approximate surface area is 194 Å². The number of rotatable bonds is 8. The van der Waals surface area contributed by atoms with Crippen LogP contribution in [0, 0.1) is 0 Å². The van der Waals surface area contributed by atoms with E-state index < -0.39 is 28.6 Å². The molecule has 1 fully saturated rings. The zero-order valence-corrected chi connectivity index (χ0v) is 19.6. The van der Waals surface area contributed by atoms with Gasteiger partial charge in [0.15, 0.2) is 5.78 Å². The number of ketones is 1. The number of hydrogen-bond donors (Lipinski definition) is 0. The van der Waals surface area contributed by atoms with Gasteiger partial charge in [-0.2, -0.15) is 4.31 Å². The molecule has 1 heterocycles. The van der Waals surface area contributed by atoms with Gasteiger partial charge in [-0.25, -0.2) is 8.42 Å². The Kier molecular flexibility index (Phi) is 7.99. The number of carbonyl (C=O) groups is 3. The van der Waals surface area contributed by atoms with Gasteiger partial charge >= 0.3 is 5.97 Å². The molecule has 0 aliphatic carbocycles. The molecule has 0 saturated carbocycles. The number of ether oxygens (including phenoxy) is 1. The summed E-state index contributed by atoms with van der Waals surface area (Å²) < 4.78 is 32.1. The SMILES string of the molecule is CC(=O)c1ccc(S(=O)(=O)N(C)CC(=O)O[C@H](C(=O)N2CCCCC2)c2ccccc2)cc1. The minimum atomic E-state index is -3.99. The van der Waals surface area contributed by atoms with Crippen molar-refractivity contribution in [2.45, 2.75) is 37.2 Å². The quantitative estimate of drug-likeness (QED) is 0.433. The fourth-order valence-electron chi connectivity index (χ4n) is 3.65. The number of likely N-dealkylation sites (N-methyl/N-ethyl adjacent to an activating group) is 1. The lowest BCUT2D eigenvalue weighted by atomic mass is 10.1. The summed E-state index contributed by atoms with van der Waals surface area (Å²) in [6, 6.07) is 14.2. The smallest absolute Gasteiger partial charge is 0.322 e. The molecule has 33 heavy (non-hydrogen) atoms. The van der Waals surface area contributed by atoms with E-state index in [9.17, 15) is 22.8 Å². The standard InChI is InChI=1S/C24H28N2O6S/c1-18(27)19-11-13-21(14-12-19)33(30,31)25(2)17-22(28)32-23(20-9-5-3-6-10-20)24(29)26-15-7-4-8-16-26/h3,5-6,9-14,23H,4,7-8,15-17H2,1-2H3/t23-/m0/s1. The van der Waals surface area contributed by atoms with Gasteiger partial charge in [0.25, 0.3) is 5.91 Å². The molecule has 8 nitrogen and oxygen atoms in total. The predicted octanol–water partition coefficient (Wildman–Crippen LogP) is 2.81. The molecule has 176 valence electrons. The third kappa shape index (κ3) is 6.06. The highest BCUT2D eigenvalue weighted by atomic mass is 32.2. The lowest BCUT2D eigenvalue weighted by Crippen LogP contribution is -2.41. The molecule has 3 rings (SSSR count). The Balaban J connectivity index is 1.73. The fourth-order valence-corrected chi connectivity index (χ4v) is 4.76. The molecule has 1 atom stereocenters. The van der Waals surface area contributed by atoms with Crippen molar-refractivity contribution in [2.24, 2.45) is 0 Å². The van der Waals surface area contributed by atoms with Crippen LogP contribution in [0.1, 0.15) is 48.2 Å². The van der Waals surface area contributed by atoms with Gasteiger partial charge in [0, 0.05) is 31.3 Å². The van der Waals surface area contributed by atoms with Crippen LogP contribution in [0.4, 0.5) is 0 Å². The maximum atomic E-state index is 13.1. The molecule has 0 unspecified atom stereocenters. The van der Waals surface area contributed by atoms with E-state index in [0.29, 0.717) is 24.2 Å². The van der Waals surface area contributed by atoms with Gasteiger partial charge in [-0.1, -0.05) is 42.5 Å². The maximum Gasteiger partial charge on any atom is 0.322 e. The molecular weight excluding hydrogens is 444 g/mol. The van der Waals surface area contributed by atoms with E-state index in [2.05, 4.69) is 0 Å². The number of nitrogens with zero attached hydrogens (tertiary/aromatic N) is 2. The van der Waals surface area contributed by atoms with Gasteiger partial charge in [-0.05, 0) is 38.3 Å². The maximum absolute atomic E-state index is 13.1. The highest BCUT2D eigenvalue weighted by Crippen LogP contribution is 2.23. The summed E-state index contributed by atoms with van der Waals surface area (Å²) in [5, 5.41) is 0. The van der Waals surface area contributed by atoms with Gasteiger partial charge in [0.2, 0.25) is 16.1 Å². The molecule has 1 saturated heterocycles. The van der Waals surface area contributed by atoms with Gasteiger partial charge in [-0.15, -0.1) is 0 Å². The number of likely N-dealkylation sites (tertiary alicyclic amines) is 1. The molecule has 0 N–H and O–H groups in total. The molecule has 1 aliphatic rings. The number of esters is 1. The van der Waals surface area contributed by atoms with E-state index in [1.807, 2.05) is 0 Å². The van der Waals surface area contributed by atoms with Crippen molar-refractivity contribution >= 4 is 27.7 Å². The van der Waals surface area contributed by atoms with E-state index in [1.165, 1.54) is 38.2 Å². The molecule has 0 spiro atoms. The van der Waals surface area contributed by atoms with Crippen molar-refractivity contribution < 1.29 is 27.5 Å². The molecule has 0 bridgehead atoms. The second-order valence-electron chi connectivity index (χ2n) is 8.01. The van der Waals surface area contributed by atoms with E-state index in [1.54, 1.807) is 35.2 Å². The minimum absolute atomic E-state index is 0.0493. The van der Waals surface area contributed by atoms with Gasteiger partial charge in [0.05, 0.1) is 4.90 Å². The fraction of sp³-hybridized carbons (Fsp3) is 0.375. The number of benzene rings is 2. The minimum Gasteiger partial charge on any atom is -0.446 e. The first-order chi connectivity index (χ1) is 15.7. The first-order valence-electron chi connectivity index (χ1n) is 10.8. The first kappa shape index (κ1) is 24.6. The number of sulfonamides is 1. The average molecular weight is 473 g/mol. The average Bonchev–Trinajstić information content (AvgIpc) is 2.83. The van der Waals surface area contributed by atoms with Gasteiger partial charge in [-0.3, -0.25) is 14.4 Å². The Morgan fingerprint density at radius 1 is 0.970 bits per heavy atom. The third-order valence-corrected chi connectivity index (χ3v) is 7.38. The Bertz CT molecular complexity index is 1090. The first-order valence-corrected chi connectivity index (χ1v) is 12.2. The zero-order valence-electron chi connectivity index (χ0n) is 18.8. The molecule has 2 aromatic rings. The molecule has 2 aromatic carbocycles. The van der Waals surface area contributed by atoms with Crippen LogP contribution in [-0.4, -0.2) is 62.0 Å². The summed E-state index contributed by atoms with van der Waals surface area (Å²) in [6.07, 6.45) is 1.70. The Morgan fingerprint density at radius 2 is 1.58 bits per heavy atom. The van der Waals surface area contributed by atoms with E-state index in [4.69, 9.17) is 4.74 Å². The molecule has 9 heteroatoms. The summed E-state index contributed by atoms with van der Waals surface area (Å²) in [7, 11) is -2.73. The topological polar surface area (TPSA) is 101 Å². The lowest BCUT2D eigenvalue weighted by molar-refractivity contribution is -0.161. The van der Waals surface area contributed by atoms with Crippen molar-refractivity contribution in [1.29, 1.82) is 0 Å². The molecule has 1 amide bonds. The van der Waals surface area contributed by atoms with E-state index >= 15 is 0 Å². The third-order valence-electron chi connectivity index (χ3n) is 5.56. The van der Waals surface area contributed by atoms with Crippen LogP contribution in [0.3, 0.4) is 0 Å². The molecule has 0 radical (unpaired) electrons. The number of hydrogen-bond acceptors (Lipinski definition) is 6. The number of piperidine rings is 1. The number of Topliss-reactive ketones (excluding diaryl/α,β-unsaturated/α-hetero) is 1. The van der Waals surface area contributed by atoms with Crippen molar-refractivity contribution in [1.82, 2.24) is 9.21 Å². The zero-order chi connectivity index (χ0) is 24.0. The molecule has 1 aliphatic heterocycles. The summed E-state index contributed by atoms with van der Waals surface area (Å²) >= 11 is 0. The number of carbonyl (C=O) groups excluding carboxylic acids is 3.